The Morgan fingerprint density at radius 2 is 2.23 bits per heavy atom. The smallest absolute Gasteiger partial charge is 0.124 e. The third kappa shape index (κ3) is 2.17. The van der Waals surface area contributed by atoms with Crippen molar-refractivity contribution >= 4 is 16.6 Å². The fourth-order valence-corrected chi connectivity index (χ4v) is 3.17. The van der Waals surface area contributed by atoms with Gasteiger partial charge in [-0.05, 0) is 68.2 Å². The second kappa shape index (κ2) is 5.15. The fraction of sp³-hybridized carbons (Fsp3) is 0.316. The van der Waals surface area contributed by atoms with Crippen molar-refractivity contribution in [3.63, 3.8) is 0 Å². The van der Waals surface area contributed by atoms with E-state index in [4.69, 9.17) is 4.98 Å². The molecule has 3 heteroatoms. The highest BCUT2D eigenvalue weighted by atomic mass is 15.0. The van der Waals surface area contributed by atoms with Crippen molar-refractivity contribution in [1.82, 2.24) is 15.3 Å². The zero-order valence-electron chi connectivity index (χ0n) is 13.0. The van der Waals surface area contributed by atoms with Gasteiger partial charge in [0.1, 0.15) is 5.82 Å². The molecule has 3 nitrogen and oxygen atoms in total. The number of benzene rings is 1. The molecule has 4 rings (SSSR count). The molecule has 1 atom stereocenters. The number of H-pyrrole nitrogens is 1. The number of aromatic amines is 1. The second-order valence-corrected chi connectivity index (χ2v) is 6.10. The predicted molar refractivity (Wildman–Crippen MR) is 93.7 cm³/mol. The van der Waals surface area contributed by atoms with Gasteiger partial charge in [-0.25, -0.2) is 4.98 Å². The number of nitrogens with one attached hydrogen (secondary N) is 2. The van der Waals surface area contributed by atoms with Crippen LogP contribution in [0.5, 0.6) is 0 Å². The first-order chi connectivity index (χ1) is 10.7. The van der Waals surface area contributed by atoms with Gasteiger partial charge >= 0.3 is 0 Å². The lowest BCUT2D eigenvalue weighted by Gasteiger charge is -2.09. The highest BCUT2D eigenvalue weighted by Gasteiger charge is 2.19. The molecule has 0 spiro atoms. The summed E-state index contributed by atoms with van der Waals surface area (Å²) in [6.45, 7) is 5.34. The summed E-state index contributed by atoms with van der Waals surface area (Å²) in [6.07, 6.45) is 4.37. The molecule has 2 aromatic rings. The Labute approximate surface area is 133 Å². The minimum atomic E-state index is 0. The number of hydrogen-bond donors (Lipinski definition) is 2. The van der Waals surface area contributed by atoms with Gasteiger partial charge < -0.3 is 10.3 Å². The summed E-state index contributed by atoms with van der Waals surface area (Å²) < 4.78 is 0. The van der Waals surface area contributed by atoms with E-state index in [9.17, 15) is 0 Å². The van der Waals surface area contributed by atoms with E-state index in [1.165, 1.54) is 23.1 Å². The Balaban J connectivity index is 0.00000104. The topological polar surface area (TPSA) is 40.7 Å². The highest BCUT2D eigenvalue weighted by Crippen LogP contribution is 2.29. The molecule has 1 aromatic carbocycles. The first-order valence-corrected chi connectivity index (χ1v) is 7.85. The van der Waals surface area contributed by atoms with Crippen LogP contribution in [0.25, 0.3) is 16.6 Å². The standard InChI is InChI=1S/C19H19N3.2H2/c1-12-5-3-6-15(13(12)2)14-8-9-16-18(11-14)22-19(21-16)17-7-4-10-20-17;;/h5,8-9,11,17,20H,4,7,10H2,1-2H3,(H,21,22);2*1H/t17-;;/m0../s1. The number of nitrogens with zero attached hydrogens (tertiary/aromatic N) is 1. The van der Waals surface area contributed by atoms with Gasteiger partial charge in [-0.2, -0.15) is 0 Å². The first-order valence-electron chi connectivity index (χ1n) is 7.85. The number of hydrogen-bond acceptors (Lipinski definition) is 2. The molecular weight excluding hydrogens is 270 g/mol. The maximum absolute atomic E-state index is 4.73. The maximum atomic E-state index is 4.73. The van der Waals surface area contributed by atoms with Gasteiger partial charge in [-0.3, -0.25) is 0 Å². The molecule has 1 fully saturated rings. The van der Waals surface area contributed by atoms with Gasteiger partial charge in [0.05, 0.1) is 17.1 Å². The van der Waals surface area contributed by atoms with Crippen LogP contribution in [0.4, 0.5) is 0 Å². The van der Waals surface area contributed by atoms with Crippen LogP contribution in [0.3, 0.4) is 0 Å². The Hall–Kier alpha value is -2.31. The SMILES string of the molecule is CC1=C(C)C(c2ccc3nc([C@@H]4CCCN4)[nH]c3c2)=C=C=C1.[HH].[HH]. The minimum Gasteiger partial charge on any atom is -0.341 e. The van der Waals surface area contributed by atoms with E-state index in [-0.39, 0.29) is 2.85 Å². The van der Waals surface area contributed by atoms with Crippen LogP contribution in [0.15, 0.2) is 46.9 Å². The van der Waals surface area contributed by atoms with Crippen LogP contribution in [0, 0.1) is 0 Å². The normalized spacial score (nSPS) is 21.0. The quantitative estimate of drug-likeness (QED) is 0.799. The van der Waals surface area contributed by atoms with Gasteiger partial charge in [0.15, 0.2) is 0 Å². The fourth-order valence-electron chi connectivity index (χ4n) is 3.17. The summed E-state index contributed by atoms with van der Waals surface area (Å²) in [5.74, 6) is 1.06. The van der Waals surface area contributed by atoms with E-state index >= 15 is 0 Å². The van der Waals surface area contributed by atoms with E-state index in [1.807, 2.05) is 6.08 Å². The molecule has 2 heterocycles. The number of rotatable bonds is 2. The van der Waals surface area contributed by atoms with Gasteiger partial charge in [0.2, 0.25) is 0 Å². The zero-order valence-corrected chi connectivity index (χ0v) is 13.0. The molecule has 114 valence electrons. The minimum absolute atomic E-state index is 0. The van der Waals surface area contributed by atoms with Gasteiger partial charge in [0, 0.05) is 8.43 Å². The summed E-state index contributed by atoms with van der Waals surface area (Å²) in [7, 11) is 0. The number of aromatic nitrogens is 2. The van der Waals surface area contributed by atoms with Crippen LogP contribution in [-0.4, -0.2) is 16.5 Å². The van der Waals surface area contributed by atoms with E-state index in [0.717, 1.165) is 35.4 Å². The Morgan fingerprint density at radius 3 is 3.05 bits per heavy atom. The molecule has 0 amide bonds. The number of imidazole rings is 1. The van der Waals surface area contributed by atoms with E-state index < -0.39 is 0 Å². The zero-order chi connectivity index (χ0) is 15.1. The summed E-state index contributed by atoms with van der Waals surface area (Å²) in [5, 5.41) is 3.49. The summed E-state index contributed by atoms with van der Waals surface area (Å²) in [6, 6.07) is 6.76. The van der Waals surface area contributed by atoms with Crippen LogP contribution in [-0.2, 0) is 0 Å². The maximum Gasteiger partial charge on any atom is 0.124 e. The van der Waals surface area contributed by atoms with Crippen LogP contribution in [0.2, 0.25) is 0 Å². The lowest BCUT2D eigenvalue weighted by Crippen LogP contribution is -2.13. The van der Waals surface area contributed by atoms with Gasteiger partial charge in [-0.15, -0.1) is 0 Å². The Bertz CT molecular complexity index is 888. The third-order valence-electron chi connectivity index (χ3n) is 4.63. The van der Waals surface area contributed by atoms with Crippen molar-refractivity contribution in [3.05, 3.63) is 58.3 Å². The Kier molecular flexibility index (Phi) is 3.13. The first kappa shape index (κ1) is 13.4. The molecule has 0 bridgehead atoms. The van der Waals surface area contributed by atoms with Gasteiger partial charge in [-0.1, -0.05) is 17.5 Å². The predicted octanol–water partition coefficient (Wildman–Crippen LogP) is 4.52. The number of allylic oxidation sites excluding steroid dienone is 4. The summed E-state index contributed by atoms with van der Waals surface area (Å²) in [5.41, 5.74) is 13.3. The molecular formula is C19H23N3. The lowest BCUT2D eigenvalue weighted by molar-refractivity contribution is 0.614. The second-order valence-electron chi connectivity index (χ2n) is 6.10. The molecule has 1 saturated heterocycles. The van der Waals surface area contributed by atoms with Crippen molar-refractivity contribution < 1.29 is 2.85 Å². The molecule has 1 aliphatic heterocycles. The molecule has 1 aromatic heterocycles. The van der Waals surface area contributed by atoms with Crippen LogP contribution in [0.1, 0.15) is 47.0 Å². The summed E-state index contributed by atoms with van der Waals surface area (Å²) in [4.78, 5) is 8.22. The van der Waals surface area contributed by atoms with Crippen molar-refractivity contribution in [3.8, 4) is 0 Å². The highest BCUT2D eigenvalue weighted by molar-refractivity contribution is 5.86. The molecule has 1 aliphatic carbocycles. The molecule has 0 radical (unpaired) electrons. The van der Waals surface area contributed by atoms with Crippen molar-refractivity contribution in [2.75, 3.05) is 6.54 Å². The average molecular weight is 293 g/mol. The molecule has 0 unspecified atom stereocenters. The van der Waals surface area contributed by atoms with E-state index in [0.29, 0.717) is 6.04 Å². The summed E-state index contributed by atoms with van der Waals surface area (Å²) >= 11 is 0. The molecule has 0 saturated carbocycles. The molecule has 2 aliphatic rings. The lowest BCUT2D eigenvalue weighted by atomic mass is 9.94. The van der Waals surface area contributed by atoms with Crippen molar-refractivity contribution in [2.24, 2.45) is 0 Å². The number of fused-ring (bicyclic) bond motifs is 1. The third-order valence-corrected chi connectivity index (χ3v) is 4.63. The van der Waals surface area contributed by atoms with Crippen molar-refractivity contribution in [2.45, 2.75) is 32.7 Å². The van der Waals surface area contributed by atoms with Crippen LogP contribution < -0.4 is 5.32 Å². The van der Waals surface area contributed by atoms with E-state index in [1.54, 1.807) is 0 Å². The monoisotopic (exact) mass is 293 g/mol. The molecule has 2 N–H and O–H groups in total. The van der Waals surface area contributed by atoms with E-state index in [2.05, 4.69) is 53.8 Å². The van der Waals surface area contributed by atoms with Crippen LogP contribution >= 0.6 is 0 Å². The average Bonchev–Trinajstić information content (AvgIpc) is 3.17. The van der Waals surface area contributed by atoms with Gasteiger partial charge in [0.25, 0.3) is 0 Å². The van der Waals surface area contributed by atoms with Crippen molar-refractivity contribution in [1.29, 1.82) is 0 Å². The Morgan fingerprint density at radius 1 is 1.32 bits per heavy atom. The largest absolute Gasteiger partial charge is 0.341 e. The molecule has 22 heavy (non-hydrogen) atoms.